The van der Waals surface area contributed by atoms with E-state index >= 15 is 0 Å². The normalized spacial score (nSPS) is 19.7. The van der Waals surface area contributed by atoms with Crippen LogP contribution in [0.25, 0.3) is 0 Å². The summed E-state index contributed by atoms with van der Waals surface area (Å²) >= 11 is 1.24. The molecule has 2 N–H and O–H groups in total. The number of hydrogen-bond donors (Lipinski definition) is 2. The maximum absolute atomic E-state index is 12.0. The lowest BCUT2D eigenvalue weighted by Gasteiger charge is -2.07. The first-order chi connectivity index (χ1) is 11.5. The fourth-order valence-electron chi connectivity index (χ4n) is 1.86. The molecule has 1 aliphatic heterocycles. The Labute approximate surface area is 146 Å². The van der Waals surface area contributed by atoms with Crippen molar-refractivity contribution in [2.24, 2.45) is 16.1 Å². The van der Waals surface area contributed by atoms with Gasteiger partial charge in [-0.1, -0.05) is 55.9 Å². The lowest BCUT2D eigenvalue weighted by Crippen LogP contribution is -2.31. The third kappa shape index (κ3) is 5.49. The van der Waals surface area contributed by atoms with Crippen LogP contribution in [-0.2, 0) is 16.1 Å². The molecule has 24 heavy (non-hydrogen) atoms. The summed E-state index contributed by atoms with van der Waals surface area (Å²) in [6, 6.07) is 9.65. The zero-order valence-electron chi connectivity index (χ0n) is 14.1. The number of rotatable bonds is 6. The van der Waals surface area contributed by atoms with Gasteiger partial charge in [0.2, 0.25) is 11.8 Å². The van der Waals surface area contributed by atoms with Gasteiger partial charge in [0.1, 0.15) is 5.25 Å². The Hall–Kier alpha value is -2.15. The molecule has 1 unspecified atom stereocenters. The summed E-state index contributed by atoms with van der Waals surface area (Å²) in [4.78, 5) is 23.9. The first-order valence-corrected chi connectivity index (χ1v) is 8.74. The van der Waals surface area contributed by atoms with E-state index in [2.05, 4.69) is 20.8 Å². The molecule has 2 amide bonds. The zero-order chi connectivity index (χ0) is 17.5. The van der Waals surface area contributed by atoms with E-state index in [1.165, 1.54) is 11.8 Å². The van der Waals surface area contributed by atoms with Crippen LogP contribution in [0.15, 0.2) is 40.5 Å². The summed E-state index contributed by atoms with van der Waals surface area (Å²) < 4.78 is 0. The minimum absolute atomic E-state index is 0.120. The van der Waals surface area contributed by atoms with Crippen molar-refractivity contribution in [3.63, 3.8) is 0 Å². The van der Waals surface area contributed by atoms with E-state index in [4.69, 9.17) is 0 Å². The molecule has 1 aliphatic rings. The second kappa shape index (κ2) is 8.63. The fraction of sp³-hybridized carbons (Fsp3) is 0.412. The van der Waals surface area contributed by atoms with E-state index in [9.17, 15) is 9.59 Å². The van der Waals surface area contributed by atoms with Gasteiger partial charge in [0, 0.05) is 18.7 Å². The maximum Gasteiger partial charge on any atom is 0.240 e. The first-order valence-electron chi connectivity index (χ1n) is 7.86. The molecule has 1 atom stereocenters. The molecule has 0 saturated carbocycles. The van der Waals surface area contributed by atoms with Crippen molar-refractivity contribution in [2.45, 2.75) is 39.0 Å². The second-order valence-corrected chi connectivity index (χ2v) is 7.05. The molecular formula is C17H22N4O2S. The van der Waals surface area contributed by atoms with Crippen LogP contribution in [0.2, 0.25) is 0 Å². The van der Waals surface area contributed by atoms with E-state index in [1.54, 1.807) is 0 Å². The quantitative estimate of drug-likeness (QED) is 0.612. The molecule has 1 aromatic carbocycles. The number of nitrogens with zero attached hydrogens (tertiary/aromatic N) is 2. The van der Waals surface area contributed by atoms with Crippen LogP contribution in [0.1, 0.15) is 32.8 Å². The van der Waals surface area contributed by atoms with Crippen molar-refractivity contribution in [2.75, 3.05) is 0 Å². The second-order valence-electron chi connectivity index (χ2n) is 5.86. The van der Waals surface area contributed by atoms with Crippen molar-refractivity contribution in [1.82, 2.24) is 10.6 Å². The number of amides is 2. The Morgan fingerprint density at radius 3 is 2.71 bits per heavy atom. The Kier molecular flexibility index (Phi) is 6.54. The Balaban J connectivity index is 1.84. The van der Waals surface area contributed by atoms with Crippen molar-refractivity contribution >= 4 is 34.5 Å². The third-order valence-corrected chi connectivity index (χ3v) is 4.69. The van der Waals surface area contributed by atoms with Crippen molar-refractivity contribution in [1.29, 1.82) is 0 Å². The Bertz CT molecular complexity index is 656. The highest BCUT2D eigenvalue weighted by Crippen LogP contribution is 2.22. The van der Waals surface area contributed by atoms with Crippen LogP contribution in [0, 0.1) is 5.92 Å². The SMILES string of the molecule is C/C(=N/N=C1\NC(=O)C(CC(=O)NCc2ccccc2)S1)C(C)C. The third-order valence-electron chi connectivity index (χ3n) is 3.61. The predicted molar refractivity (Wildman–Crippen MR) is 97.8 cm³/mol. The minimum atomic E-state index is -0.464. The number of amidine groups is 1. The van der Waals surface area contributed by atoms with Gasteiger partial charge in [-0.2, -0.15) is 5.10 Å². The minimum Gasteiger partial charge on any atom is -0.352 e. The van der Waals surface area contributed by atoms with Crippen LogP contribution in [0.3, 0.4) is 0 Å². The van der Waals surface area contributed by atoms with E-state index in [0.717, 1.165) is 11.3 Å². The molecule has 0 aliphatic carbocycles. The summed E-state index contributed by atoms with van der Waals surface area (Å²) in [7, 11) is 0. The van der Waals surface area contributed by atoms with Gasteiger partial charge < -0.3 is 10.6 Å². The van der Waals surface area contributed by atoms with E-state index in [-0.39, 0.29) is 18.2 Å². The molecule has 0 spiro atoms. The predicted octanol–water partition coefficient (Wildman–Crippen LogP) is 2.31. The summed E-state index contributed by atoms with van der Waals surface area (Å²) in [5.74, 6) is -0.0587. The molecule has 0 bridgehead atoms. The smallest absolute Gasteiger partial charge is 0.240 e. The van der Waals surface area contributed by atoms with Crippen LogP contribution < -0.4 is 10.6 Å². The topological polar surface area (TPSA) is 82.9 Å². The lowest BCUT2D eigenvalue weighted by molar-refractivity contribution is -0.125. The highest BCUT2D eigenvalue weighted by Gasteiger charge is 2.32. The number of carbonyl (C=O) groups excluding carboxylic acids is 2. The standard InChI is InChI=1S/C17H22N4O2S/c1-11(2)12(3)20-21-17-19-16(23)14(24-17)9-15(22)18-10-13-7-5-4-6-8-13/h4-8,11,14H,9-10H2,1-3H3,(H,18,22)(H,19,21,23)/b20-12-. The molecule has 0 radical (unpaired) electrons. The molecule has 128 valence electrons. The van der Waals surface area contributed by atoms with E-state index in [0.29, 0.717) is 17.6 Å². The summed E-state index contributed by atoms with van der Waals surface area (Å²) in [5.41, 5.74) is 1.91. The van der Waals surface area contributed by atoms with Gasteiger partial charge in [0.25, 0.3) is 0 Å². The van der Waals surface area contributed by atoms with Gasteiger partial charge in [-0.3, -0.25) is 9.59 Å². The van der Waals surface area contributed by atoms with Crippen LogP contribution >= 0.6 is 11.8 Å². The van der Waals surface area contributed by atoms with Gasteiger partial charge in [0.05, 0.1) is 0 Å². The molecule has 1 aromatic rings. The molecule has 0 aromatic heterocycles. The first kappa shape index (κ1) is 18.2. The van der Waals surface area contributed by atoms with Gasteiger partial charge in [-0.05, 0) is 18.4 Å². The average molecular weight is 346 g/mol. The largest absolute Gasteiger partial charge is 0.352 e. The number of carbonyl (C=O) groups is 2. The molecule has 6 nitrogen and oxygen atoms in total. The van der Waals surface area contributed by atoms with Gasteiger partial charge in [0.15, 0.2) is 5.17 Å². The average Bonchev–Trinajstić information content (AvgIpc) is 2.91. The van der Waals surface area contributed by atoms with Crippen molar-refractivity contribution in [3.05, 3.63) is 35.9 Å². The van der Waals surface area contributed by atoms with Gasteiger partial charge in [-0.15, -0.1) is 5.10 Å². The number of hydrogen-bond acceptors (Lipinski definition) is 5. The highest BCUT2D eigenvalue weighted by molar-refractivity contribution is 8.15. The zero-order valence-corrected chi connectivity index (χ0v) is 14.9. The Morgan fingerprint density at radius 1 is 1.33 bits per heavy atom. The number of benzene rings is 1. The van der Waals surface area contributed by atoms with Gasteiger partial charge >= 0.3 is 0 Å². The Morgan fingerprint density at radius 2 is 2.04 bits per heavy atom. The van der Waals surface area contributed by atoms with Gasteiger partial charge in [-0.25, -0.2) is 0 Å². The molecule has 7 heteroatoms. The molecular weight excluding hydrogens is 324 g/mol. The monoisotopic (exact) mass is 346 g/mol. The summed E-state index contributed by atoms with van der Waals surface area (Å²) in [6.07, 6.45) is 0.120. The van der Waals surface area contributed by atoms with Crippen LogP contribution in [0.4, 0.5) is 0 Å². The van der Waals surface area contributed by atoms with Crippen LogP contribution in [0.5, 0.6) is 0 Å². The molecule has 1 heterocycles. The van der Waals surface area contributed by atoms with Crippen molar-refractivity contribution in [3.8, 4) is 0 Å². The number of nitrogens with one attached hydrogen (secondary N) is 2. The fourth-order valence-corrected chi connectivity index (χ4v) is 2.78. The van der Waals surface area contributed by atoms with Crippen molar-refractivity contribution < 1.29 is 9.59 Å². The maximum atomic E-state index is 12.0. The van der Waals surface area contributed by atoms with E-state index < -0.39 is 5.25 Å². The summed E-state index contributed by atoms with van der Waals surface area (Å²) in [6.45, 7) is 6.40. The lowest BCUT2D eigenvalue weighted by atomic mass is 10.1. The molecule has 1 fully saturated rings. The summed E-state index contributed by atoms with van der Waals surface area (Å²) in [5, 5.41) is 13.6. The molecule has 1 saturated heterocycles. The van der Waals surface area contributed by atoms with Crippen LogP contribution in [-0.4, -0.2) is 27.9 Å². The number of thioether (sulfide) groups is 1. The van der Waals surface area contributed by atoms with E-state index in [1.807, 2.05) is 51.1 Å². The molecule has 2 rings (SSSR count). The highest BCUT2D eigenvalue weighted by atomic mass is 32.2.